The summed E-state index contributed by atoms with van der Waals surface area (Å²) in [7, 11) is 0. The van der Waals surface area contributed by atoms with Gasteiger partial charge in [0.25, 0.3) is 11.8 Å². The van der Waals surface area contributed by atoms with Crippen LogP contribution in [0.25, 0.3) is 0 Å². The van der Waals surface area contributed by atoms with Crippen molar-refractivity contribution in [3.8, 4) is 0 Å². The fourth-order valence-corrected chi connectivity index (χ4v) is 4.20. The Morgan fingerprint density at radius 2 is 1.67 bits per heavy atom. The molecule has 0 aliphatic carbocycles. The first kappa shape index (κ1) is 32.0. The van der Waals surface area contributed by atoms with Crippen LogP contribution in [0.2, 0.25) is 0 Å². The number of carbonyl (C=O) groups excluding carboxylic acids is 5. The summed E-state index contributed by atoms with van der Waals surface area (Å²) >= 11 is 0. The molecule has 1 fully saturated rings. The van der Waals surface area contributed by atoms with Gasteiger partial charge in [-0.1, -0.05) is 44.2 Å². The number of aryl methyl sites for hydroxylation is 2. The molecule has 1 saturated heterocycles. The van der Waals surface area contributed by atoms with Gasteiger partial charge in [0, 0.05) is 32.2 Å². The van der Waals surface area contributed by atoms with Crippen LogP contribution in [-0.4, -0.2) is 57.0 Å². The highest BCUT2D eigenvalue weighted by Crippen LogP contribution is 2.13. The molecular weight excluding hydrogens is 546 g/mol. The van der Waals surface area contributed by atoms with Crippen molar-refractivity contribution in [2.45, 2.75) is 78.9 Å². The van der Waals surface area contributed by atoms with Gasteiger partial charge in [-0.3, -0.25) is 29.0 Å². The van der Waals surface area contributed by atoms with E-state index in [-0.39, 0.29) is 56.9 Å². The van der Waals surface area contributed by atoms with Gasteiger partial charge < -0.3 is 20.3 Å². The Morgan fingerprint density at radius 1 is 1.00 bits per heavy atom. The second-order valence-electron chi connectivity index (χ2n) is 10.4. The number of amides is 4. The molecule has 1 atom stereocenters. The monoisotopic (exact) mass is 583 g/mol. The summed E-state index contributed by atoms with van der Waals surface area (Å²) < 4.78 is 1.19. The smallest absolute Gasteiger partial charge is 0.334 e. The highest BCUT2D eigenvalue weighted by molar-refractivity contribution is 6.01. The zero-order chi connectivity index (χ0) is 30.8. The number of benzene rings is 1. The van der Waals surface area contributed by atoms with E-state index in [2.05, 4.69) is 15.6 Å². The van der Waals surface area contributed by atoms with Crippen molar-refractivity contribution in [1.82, 2.24) is 25.4 Å². The lowest BCUT2D eigenvalue weighted by molar-refractivity contribution is -0.197. The lowest BCUT2D eigenvalue weighted by Gasteiger charge is -2.20. The molecule has 4 amide bonds. The van der Waals surface area contributed by atoms with Gasteiger partial charge in [-0.15, -0.1) is 9.79 Å². The number of hydroxylamine groups is 2. The molecule has 2 N–H and O–H groups in total. The minimum atomic E-state index is -0.881. The molecule has 42 heavy (non-hydrogen) atoms. The van der Waals surface area contributed by atoms with Gasteiger partial charge in [0.05, 0.1) is 17.8 Å². The number of nitrogens with one attached hydrogen (secondary N) is 2. The number of hydrogen-bond acceptors (Lipinski definition) is 9. The lowest BCUT2D eigenvalue weighted by atomic mass is 10.0. The Morgan fingerprint density at radius 3 is 2.31 bits per heavy atom. The molecule has 13 nitrogen and oxygen atoms in total. The fourth-order valence-electron chi connectivity index (χ4n) is 4.20. The van der Waals surface area contributed by atoms with Gasteiger partial charge in [0.1, 0.15) is 18.3 Å². The molecule has 13 heteroatoms. The van der Waals surface area contributed by atoms with E-state index in [1.807, 2.05) is 44.2 Å². The van der Waals surface area contributed by atoms with Crippen LogP contribution in [0.3, 0.4) is 0 Å². The maximum atomic E-state index is 13.1. The highest BCUT2D eigenvalue weighted by atomic mass is 16.7. The first-order valence-electron chi connectivity index (χ1n) is 13.9. The van der Waals surface area contributed by atoms with Crippen LogP contribution in [-0.2, 0) is 41.8 Å². The molecule has 0 radical (unpaired) electrons. The van der Waals surface area contributed by atoms with Crippen molar-refractivity contribution >= 4 is 29.6 Å². The lowest BCUT2D eigenvalue weighted by Crippen LogP contribution is -2.48. The van der Waals surface area contributed by atoms with E-state index in [1.54, 1.807) is 13.8 Å². The minimum absolute atomic E-state index is 0.0167. The summed E-state index contributed by atoms with van der Waals surface area (Å²) in [4.78, 5) is 88.8. The number of carbonyl (C=O) groups is 5. The molecule has 1 aromatic heterocycles. The van der Waals surface area contributed by atoms with Crippen molar-refractivity contribution < 1.29 is 33.6 Å². The summed E-state index contributed by atoms with van der Waals surface area (Å²) in [5.41, 5.74) is 1.75. The molecule has 1 aliphatic heterocycles. The fraction of sp³-hybridized carbons (Fsp3) is 0.483. The zero-order valence-electron chi connectivity index (χ0n) is 24.3. The number of hydrogen-bond donors (Lipinski definition) is 2. The van der Waals surface area contributed by atoms with Gasteiger partial charge in [-0.2, -0.15) is 0 Å². The standard InChI is InChI=1S/C29H37N5O8/c1-18(2)16-23(28(39)30-15-14-27(38)42-34-25(36)12-13-26(34)37)32-24(35)11-10-22-29(40)33(20(4)19(3)31-22)41-17-21-8-6-5-7-9-21/h5-9,18,23H,10-17H2,1-4H3,(H,30,39)(H,32,35)/t23-/m0/s1. The van der Waals surface area contributed by atoms with Crippen molar-refractivity contribution in [1.29, 1.82) is 0 Å². The quantitative estimate of drug-likeness (QED) is 0.309. The number of aromatic nitrogens is 2. The zero-order valence-corrected chi connectivity index (χ0v) is 24.3. The number of nitrogens with zero attached hydrogens (tertiary/aromatic N) is 3. The summed E-state index contributed by atoms with van der Waals surface area (Å²) in [6.45, 7) is 7.33. The molecule has 0 spiro atoms. The Hall–Kier alpha value is -4.55. The summed E-state index contributed by atoms with van der Waals surface area (Å²) in [5.74, 6) is -2.91. The maximum Gasteiger partial charge on any atom is 0.334 e. The molecule has 3 rings (SSSR count). The second kappa shape index (κ2) is 14.9. The Balaban J connectivity index is 1.54. The first-order valence-corrected chi connectivity index (χ1v) is 13.9. The van der Waals surface area contributed by atoms with Crippen LogP contribution in [0.5, 0.6) is 0 Å². The maximum absolute atomic E-state index is 13.1. The Bertz CT molecular complexity index is 1360. The van der Waals surface area contributed by atoms with Crippen molar-refractivity contribution in [3.63, 3.8) is 0 Å². The summed E-state index contributed by atoms with van der Waals surface area (Å²) in [6, 6.07) is 8.52. The molecular formula is C29H37N5O8. The van der Waals surface area contributed by atoms with E-state index >= 15 is 0 Å². The third-order valence-electron chi connectivity index (χ3n) is 6.54. The average Bonchev–Trinajstić information content (AvgIpc) is 3.26. The first-order chi connectivity index (χ1) is 20.0. The SMILES string of the molecule is Cc1nc(CCC(=O)N[C@@H](CC(C)C)C(=O)NCCC(=O)ON2C(=O)CCC2=O)c(=O)n(OCc2ccccc2)c1C. The molecule has 0 unspecified atom stereocenters. The normalized spacial score (nSPS) is 13.7. The largest absolute Gasteiger partial charge is 0.406 e. The Labute approximate surface area is 243 Å². The van der Waals surface area contributed by atoms with Crippen molar-refractivity contribution in [2.24, 2.45) is 5.92 Å². The van der Waals surface area contributed by atoms with Crippen LogP contribution in [0.4, 0.5) is 0 Å². The summed E-state index contributed by atoms with van der Waals surface area (Å²) in [5, 5.41) is 5.72. The summed E-state index contributed by atoms with van der Waals surface area (Å²) in [6.07, 6.45) is -0.0246. The van der Waals surface area contributed by atoms with Gasteiger partial charge >= 0.3 is 11.5 Å². The topological polar surface area (TPSA) is 166 Å². The van der Waals surface area contributed by atoms with E-state index < -0.39 is 41.2 Å². The second-order valence-corrected chi connectivity index (χ2v) is 10.4. The van der Waals surface area contributed by atoms with Crippen LogP contribution in [0.15, 0.2) is 35.1 Å². The van der Waals surface area contributed by atoms with E-state index in [4.69, 9.17) is 9.68 Å². The Kier molecular flexibility index (Phi) is 11.3. The number of imide groups is 1. The minimum Gasteiger partial charge on any atom is -0.406 e. The molecule has 1 aromatic carbocycles. The third-order valence-corrected chi connectivity index (χ3v) is 6.54. The van der Waals surface area contributed by atoms with Gasteiger partial charge in [0.2, 0.25) is 11.8 Å². The highest BCUT2D eigenvalue weighted by Gasteiger charge is 2.32. The third kappa shape index (κ3) is 8.98. The van der Waals surface area contributed by atoms with Gasteiger partial charge in [-0.25, -0.2) is 4.79 Å². The van der Waals surface area contributed by atoms with Crippen molar-refractivity contribution in [3.05, 3.63) is 63.3 Å². The molecule has 0 bridgehead atoms. The molecule has 2 heterocycles. The van der Waals surface area contributed by atoms with Gasteiger partial charge in [0.15, 0.2) is 0 Å². The molecule has 1 aliphatic rings. The molecule has 0 saturated carbocycles. The van der Waals surface area contributed by atoms with E-state index in [1.165, 1.54) is 4.73 Å². The van der Waals surface area contributed by atoms with Crippen LogP contribution in [0.1, 0.15) is 68.6 Å². The molecule has 226 valence electrons. The molecule has 2 aromatic rings. The average molecular weight is 584 g/mol. The van der Waals surface area contributed by atoms with Crippen molar-refractivity contribution in [2.75, 3.05) is 6.54 Å². The van der Waals surface area contributed by atoms with Gasteiger partial charge in [-0.05, 0) is 31.7 Å². The number of rotatable bonds is 14. The van der Waals surface area contributed by atoms with Crippen LogP contribution >= 0.6 is 0 Å². The van der Waals surface area contributed by atoms with E-state index in [0.717, 1.165) is 5.56 Å². The predicted molar refractivity (Wildman–Crippen MR) is 149 cm³/mol. The van der Waals surface area contributed by atoms with E-state index in [0.29, 0.717) is 22.9 Å². The van der Waals surface area contributed by atoms with E-state index in [9.17, 15) is 28.8 Å². The predicted octanol–water partition coefficient (Wildman–Crippen LogP) is 1.07. The van der Waals surface area contributed by atoms with Crippen LogP contribution in [0, 0.1) is 19.8 Å². The van der Waals surface area contributed by atoms with Crippen LogP contribution < -0.4 is 21.0 Å².